The van der Waals surface area contributed by atoms with Gasteiger partial charge in [0.2, 0.25) is 0 Å². The van der Waals surface area contributed by atoms with Crippen LogP contribution in [0, 0.1) is 5.92 Å². The number of fused-ring (bicyclic) bond motifs is 2. The van der Waals surface area contributed by atoms with Gasteiger partial charge in [-0.2, -0.15) is 0 Å². The molecule has 2 heterocycles. The van der Waals surface area contributed by atoms with Crippen LogP contribution in [0.3, 0.4) is 0 Å². The monoisotopic (exact) mass is 180 g/mol. The van der Waals surface area contributed by atoms with Gasteiger partial charge in [0.15, 0.2) is 0 Å². The van der Waals surface area contributed by atoms with Gasteiger partial charge in [-0.05, 0) is 25.3 Å². The maximum atomic E-state index is 9.16. The van der Waals surface area contributed by atoms with Crippen LogP contribution in [-0.4, -0.2) is 23.9 Å². The smallest absolute Gasteiger partial charge is 0.0975 e. The summed E-state index contributed by atoms with van der Waals surface area (Å²) in [7, 11) is 0. The number of aliphatic hydroxyl groups is 1. The lowest BCUT2D eigenvalue weighted by molar-refractivity contribution is 0.0322. The van der Waals surface area contributed by atoms with Gasteiger partial charge >= 0.3 is 0 Å². The number of allylic oxidation sites excluding steroid dienone is 1. The zero-order valence-corrected chi connectivity index (χ0v) is 7.94. The molecular weight excluding hydrogens is 164 g/mol. The summed E-state index contributed by atoms with van der Waals surface area (Å²) in [6.45, 7) is 2.29. The Morgan fingerprint density at radius 2 is 2.46 bits per heavy atom. The minimum absolute atomic E-state index is 0.146. The second-order valence-electron chi connectivity index (χ2n) is 3.75. The molecule has 1 saturated heterocycles. The third kappa shape index (κ3) is 1.56. The summed E-state index contributed by atoms with van der Waals surface area (Å²) in [5.41, 5.74) is 1.36. The molecule has 3 atom stereocenters. The highest BCUT2D eigenvalue weighted by molar-refractivity contribution is 5.22. The lowest BCUT2D eigenvalue weighted by Gasteiger charge is -2.16. The van der Waals surface area contributed by atoms with Gasteiger partial charge in [0, 0.05) is 12.5 Å². The molecule has 1 fully saturated rings. The molecule has 2 nitrogen and oxygen atoms in total. The molecule has 0 amide bonds. The van der Waals surface area contributed by atoms with Crippen LogP contribution in [0.2, 0.25) is 0 Å². The molecule has 2 bridgehead atoms. The Morgan fingerprint density at radius 1 is 1.62 bits per heavy atom. The summed E-state index contributed by atoms with van der Waals surface area (Å²) in [6, 6.07) is 0. The van der Waals surface area contributed by atoms with Gasteiger partial charge in [-0.25, -0.2) is 0 Å². The average Bonchev–Trinajstić information content (AvgIpc) is 2.51. The van der Waals surface area contributed by atoms with Crippen molar-refractivity contribution in [3.8, 4) is 0 Å². The standard InChI is InChI=1S/C11H16O2/c1-2-8-3-4-9(7-12)11-6-5-10(8)13-11/h2,5-6,9-12H,3-4,7H2,1H3/b8-2-/t9-,10+,11-/m0/s1. The summed E-state index contributed by atoms with van der Waals surface area (Å²) in [5, 5.41) is 9.16. The lowest BCUT2D eigenvalue weighted by Crippen LogP contribution is -2.22. The Bertz CT molecular complexity index is 242. The van der Waals surface area contributed by atoms with Crippen LogP contribution in [0.1, 0.15) is 19.8 Å². The van der Waals surface area contributed by atoms with Crippen molar-refractivity contribution in [3.63, 3.8) is 0 Å². The predicted molar refractivity (Wildman–Crippen MR) is 51.4 cm³/mol. The summed E-state index contributed by atoms with van der Waals surface area (Å²) in [5.74, 6) is 0.290. The molecule has 0 aromatic carbocycles. The van der Waals surface area contributed by atoms with Gasteiger partial charge in [0.1, 0.15) is 0 Å². The Hall–Kier alpha value is -0.600. The van der Waals surface area contributed by atoms with E-state index >= 15 is 0 Å². The van der Waals surface area contributed by atoms with Crippen molar-refractivity contribution in [2.75, 3.05) is 6.61 Å². The fraction of sp³-hybridized carbons (Fsp3) is 0.636. The number of hydrogen-bond acceptors (Lipinski definition) is 2. The number of hydrogen-bond donors (Lipinski definition) is 1. The van der Waals surface area contributed by atoms with Crippen LogP contribution in [0.5, 0.6) is 0 Å². The molecule has 1 N–H and O–H groups in total. The summed E-state index contributed by atoms with van der Waals surface area (Å²) in [4.78, 5) is 0. The highest BCUT2D eigenvalue weighted by Gasteiger charge is 2.31. The fourth-order valence-corrected chi connectivity index (χ4v) is 2.11. The molecular formula is C11H16O2. The number of rotatable bonds is 1. The first kappa shape index (κ1) is 8.97. The SMILES string of the molecule is C/C=C1/CC[C@@H](CO)[C@@H]2C=C[C@H]1O2. The van der Waals surface area contributed by atoms with Crippen LogP contribution < -0.4 is 0 Å². The summed E-state index contributed by atoms with van der Waals surface area (Å²) >= 11 is 0. The highest BCUT2D eigenvalue weighted by Crippen LogP contribution is 2.32. The van der Waals surface area contributed by atoms with Gasteiger partial charge in [-0.3, -0.25) is 0 Å². The van der Waals surface area contributed by atoms with E-state index in [0.717, 1.165) is 12.8 Å². The van der Waals surface area contributed by atoms with Crippen molar-refractivity contribution in [2.24, 2.45) is 5.92 Å². The van der Waals surface area contributed by atoms with E-state index in [0.29, 0.717) is 5.92 Å². The number of aliphatic hydroxyl groups excluding tert-OH is 1. The van der Waals surface area contributed by atoms with Crippen LogP contribution in [0.4, 0.5) is 0 Å². The quantitative estimate of drug-likeness (QED) is 0.622. The first-order valence-electron chi connectivity index (χ1n) is 4.95. The van der Waals surface area contributed by atoms with E-state index in [2.05, 4.69) is 25.2 Å². The first-order valence-corrected chi connectivity index (χ1v) is 4.95. The number of ether oxygens (including phenoxy) is 1. The van der Waals surface area contributed by atoms with E-state index in [1.165, 1.54) is 5.57 Å². The topological polar surface area (TPSA) is 29.5 Å². The molecule has 0 aliphatic carbocycles. The van der Waals surface area contributed by atoms with Crippen LogP contribution in [-0.2, 0) is 4.74 Å². The molecule has 0 unspecified atom stereocenters. The molecule has 0 aromatic rings. The van der Waals surface area contributed by atoms with Crippen molar-refractivity contribution in [2.45, 2.75) is 32.0 Å². The third-order valence-corrected chi connectivity index (χ3v) is 3.02. The van der Waals surface area contributed by atoms with E-state index in [1.54, 1.807) is 0 Å². The average molecular weight is 180 g/mol. The predicted octanol–water partition coefficient (Wildman–Crippen LogP) is 1.66. The largest absolute Gasteiger partial charge is 0.396 e. The molecule has 0 saturated carbocycles. The Morgan fingerprint density at radius 3 is 3.15 bits per heavy atom. The van der Waals surface area contributed by atoms with Crippen LogP contribution in [0.25, 0.3) is 0 Å². The minimum atomic E-state index is 0.146. The van der Waals surface area contributed by atoms with E-state index in [-0.39, 0.29) is 18.8 Å². The first-order chi connectivity index (χ1) is 6.35. The van der Waals surface area contributed by atoms with Gasteiger partial charge in [-0.15, -0.1) is 0 Å². The highest BCUT2D eigenvalue weighted by atomic mass is 16.5. The summed E-state index contributed by atoms with van der Waals surface area (Å²) < 4.78 is 5.79. The van der Waals surface area contributed by atoms with Crippen molar-refractivity contribution >= 4 is 0 Å². The second-order valence-corrected chi connectivity index (χ2v) is 3.75. The van der Waals surface area contributed by atoms with Crippen molar-refractivity contribution in [1.29, 1.82) is 0 Å². The Kier molecular flexibility index (Phi) is 2.51. The molecule has 2 heteroatoms. The van der Waals surface area contributed by atoms with Crippen molar-refractivity contribution < 1.29 is 9.84 Å². The fourth-order valence-electron chi connectivity index (χ4n) is 2.11. The molecule has 72 valence electrons. The van der Waals surface area contributed by atoms with Crippen molar-refractivity contribution in [3.05, 3.63) is 23.8 Å². The van der Waals surface area contributed by atoms with Crippen LogP contribution >= 0.6 is 0 Å². The molecule has 2 aliphatic rings. The second kappa shape index (κ2) is 3.64. The van der Waals surface area contributed by atoms with Gasteiger partial charge < -0.3 is 9.84 Å². The van der Waals surface area contributed by atoms with Crippen LogP contribution in [0.15, 0.2) is 23.8 Å². The Labute approximate surface area is 78.9 Å². The van der Waals surface area contributed by atoms with Gasteiger partial charge in [0.05, 0.1) is 12.2 Å². The van der Waals surface area contributed by atoms with E-state index in [9.17, 15) is 0 Å². The molecule has 2 aliphatic heterocycles. The maximum absolute atomic E-state index is 9.16. The maximum Gasteiger partial charge on any atom is 0.0975 e. The van der Waals surface area contributed by atoms with Gasteiger partial charge in [-0.1, -0.05) is 18.2 Å². The van der Waals surface area contributed by atoms with E-state index < -0.39 is 0 Å². The van der Waals surface area contributed by atoms with E-state index in [1.807, 2.05) is 0 Å². The summed E-state index contributed by atoms with van der Waals surface area (Å²) in [6.07, 6.45) is 8.78. The molecule has 2 rings (SSSR count). The molecule has 13 heavy (non-hydrogen) atoms. The Balaban J connectivity index is 2.18. The van der Waals surface area contributed by atoms with Gasteiger partial charge in [0.25, 0.3) is 0 Å². The minimum Gasteiger partial charge on any atom is -0.396 e. The van der Waals surface area contributed by atoms with E-state index in [4.69, 9.17) is 9.84 Å². The lowest BCUT2D eigenvalue weighted by atomic mass is 9.93. The normalized spacial score (nSPS) is 41.1. The third-order valence-electron chi connectivity index (χ3n) is 3.02. The molecule has 0 radical (unpaired) electrons. The molecule has 0 spiro atoms. The van der Waals surface area contributed by atoms with Crippen molar-refractivity contribution in [1.82, 2.24) is 0 Å². The zero-order valence-electron chi connectivity index (χ0n) is 7.94. The molecule has 0 aromatic heterocycles. The zero-order chi connectivity index (χ0) is 9.26.